The normalized spacial score (nSPS) is 22.8. The molecular weight excluding hydrogens is 1210 g/mol. The molecule has 14 nitrogen and oxygen atoms in total. The van der Waals surface area contributed by atoms with Gasteiger partial charge in [0.05, 0.1) is 32.0 Å². The number of ether oxygens (including phenoxy) is 4. The van der Waals surface area contributed by atoms with E-state index in [-0.39, 0.29) is 18.9 Å². The summed E-state index contributed by atoms with van der Waals surface area (Å²) in [4.78, 5) is 13.4. The Morgan fingerprint density at radius 2 is 0.729 bits per heavy atom. The van der Waals surface area contributed by atoms with Crippen LogP contribution in [-0.2, 0) is 23.7 Å². The SMILES string of the molecule is CC/C=C\C/C=C\C/C=C\C/C=C\C/C=C\CCCCCCCCCCCCCCCCCCCCCC(=O)NC(COC1OC(CO)C(OC2OC(CO)C(O)C(O)C2O)C(O)C1O)C(O)/C=C/CC/C=C/CC/C=C/CCCCCCCCCCCCCCCCCCC. The van der Waals surface area contributed by atoms with Crippen molar-refractivity contribution in [1.82, 2.24) is 5.32 Å². The van der Waals surface area contributed by atoms with Crippen LogP contribution < -0.4 is 5.32 Å². The first kappa shape index (κ1) is 89.0. The number of allylic oxidation sites excluding steroid dienone is 15. The molecule has 0 aromatic carbocycles. The van der Waals surface area contributed by atoms with E-state index in [1.807, 2.05) is 6.08 Å². The van der Waals surface area contributed by atoms with Gasteiger partial charge in [-0.25, -0.2) is 0 Å². The third-order valence-electron chi connectivity index (χ3n) is 18.7. The van der Waals surface area contributed by atoms with Crippen molar-refractivity contribution >= 4 is 5.91 Å². The molecule has 0 aliphatic carbocycles. The van der Waals surface area contributed by atoms with Crippen LogP contribution in [0, 0.1) is 0 Å². The molecular formula is C82H145NO13. The molecule has 2 aliphatic heterocycles. The molecule has 2 heterocycles. The van der Waals surface area contributed by atoms with Crippen LogP contribution in [0.2, 0.25) is 0 Å². The number of rotatable bonds is 65. The average molecular weight is 1350 g/mol. The van der Waals surface area contributed by atoms with Crippen molar-refractivity contribution < 1.29 is 64.6 Å². The highest BCUT2D eigenvalue weighted by atomic mass is 16.7. The molecule has 0 aromatic rings. The third kappa shape index (κ3) is 47.9. The van der Waals surface area contributed by atoms with Gasteiger partial charge in [-0.15, -0.1) is 0 Å². The van der Waals surface area contributed by atoms with Gasteiger partial charge in [-0.1, -0.05) is 323 Å². The fourth-order valence-electron chi connectivity index (χ4n) is 12.5. The van der Waals surface area contributed by atoms with Crippen molar-refractivity contribution in [2.75, 3.05) is 19.8 Å². The van der Waals surface area contributed by atoms with E-state index in [2.05, 4.69) is 104 Å². The quantitative estimate of drug-likeness (QED) is 0.0204. The van der Waals surface area contributed by atoms with Crippen molar-refractivity contribution in [1.29, 1.82) is 0 Å². The minimum atomic E-state index is -1.80. The lowest BCUT2D eigenvalue weighted by Gasteiger charge is -2.46. The summed E-state index contributed by atoms with van der Waals surface area (Å²) in [6.07, 6.45) is 76.3. The molecule has 96 heavy (non-hydrogen) atoms. The highest BCUT2D eigenvalue weighted by Crippen LogP contribution is 2.30. The summed E-state index contributed by atoms with van der Waals surface area (Å²) >= 11 is 0. The average Bonchev–Trinajstić information content (AvgIpc) is 0.797. The summed E-state index contributed by atoms with van der Waals surface area (Å²) in [5.41, 5.74) is 0. The van der Waals surface area contributed by atoms with Crippen LogP contribution in [0.1, 0.15) is 322 Å². The van der Waals surface area contributed by atoms with Gasteiger partial charge in [0.25, 0.3) is 0 Å². The summed E-state index contributed by atoms with van der Waals surface area (Å²) < 4.78 is 22.9. The van der Waals surface area contributed by atoms with Gasteiger partial charge in [0.2, 0.25) is 5.91 Å². The molecule has 2 rings (SSSR count). The lowest BCUT2D eigenvalue weighted by atomic mass is 9.97. The fourth-order valence-corrected chi connectivity index (χ4v) is 12.5. The van der Waals surface area contributed by atoms with Gasteiger partial charge in [-0.3, -0.25) is 4.79 Å². The first-order valence-corrected chi connectivity index (χ1v) is 39.5. The third-order valence-corrected chi connectivity index (χ3v) is 18.7. The maximum Gasteiger partial charge on any atom is 0.220 e. The van der Waals surface area contributed by atoms with E-state index < -0.39 is 86.8 Å². The molecule has 0 bridgehead atoms. The summed E-state index contributed by atoms with van der Waals surface area (Å²) in [5, 5.41) is 87.6. The monoisotopic (exact) mass is 1350 g/mol. The Bertz CT molecular complexity index is 1980. The molecule has 0 radical (unpaired) electrons. The van der Waals surface area contributed by atoms with Crippen LogP contribution in [0.3, 0.4) is 0 Å². The molecule has 12 atom stereocenters. The largest absolute Gasteiger partial charge is 0.394 e. The van der Waals surface area contributed by atoms with E-state index in [1.165, 1.54) is 212 Å². The van der Waals surface area contributed by atoms with Crippen molar-refractivity contribution in [3.05, 3.63) is 97.2 Å². The van der Waals surface area contributed by atoms with Gasteiger partial charge in [0.1, 0.15) is 48.8 Å². The second-order valence-corrected chi connectivity index (χ2v) is 27.4. The fraction of sp³-hybridized carbons (Fsp3) is 0.793. The van der Waals surface area contributed by atoms with E-state index in [9.17, 15) is 45.6 Å². The molecule has 14 heteroatoms. The van der Waals surface area contributed by atoms with Crippen LogP contribution in [0.4, 0.5) is 0 Å². The second kappa shape index (κ2) is 65.2. The highest BCUT2D eigenvalue weighted by Gasteiger charge is 2.51. The Kier molecular flexibility index (Phi) is 60.5. The number of unbranched alkanes of at least 4 members (excludes halogenated alkanes) is 38. The predicted octanol–water partition coefficient (Wildman–Crippen LogP) is 17.7. The Morgan fingerprint density at radius 3 is 1.15 bits per heavy atom. The molecule has 0 spiro atoms. The standard InChI is InChI=1S/C82H145NO13/c1-3-5-7-9-11-13-15-17-19-21-23-25-27-29-31-32-33-34-35-36-37-38-40-42-44-46-48-50-52-54-56-58-60-62-64-66-74(87)83-70(69-93-81-79(92)77(90)80(73(68-85)95-81)96-82-78(91)76(89)75(88)72(67-84)94-82)71(86)65-63-61-59-57-55-53-51-49-47-45-43-41-39-30-28-26-24-22-20-18-16-14-12-10-8-6-4-2/h5,7,11,13,17,19,23,25,29,31,47,49,55,57,63,65,70-73,75-82,84-86,88-92H,3-4,6,8-10,12,14-16,18,20-22,24,26-28,30,32-46,48,50-54,56,58-62,64,66-69H2,1-2H3,(H,83,87)/b7-5-,13-11-,19-17-,25-23-,31-29-,49-47+,57-55+,65-63+. The van der Waals surface area contributed by atoms with Gasteiger partial charge < -0.3 is 65.1 Å². The zero-order valence-electron chi connectivity index (χ0n) is 60.8. The first-order valence-electron chi connectivity index (χ1n) is 39.5. The Hall–Kier alpha value is -3.09. The zero-order chi connectivity index (χ0) is 69.4. The summed E-state index contributed by atoms with van der Waals surface area (Å²) in [6.45, 7) is 2.70. The molecule has 9 N–H and O–H groups in total. The predicted molar refractivity (Wildman–Crippen MR) is 396 cm³/mol. The summed E-state index contributed by atoms with van der Waals surface area (Å²) in [6, 6.07) is -0.944. The molecule has 12 unspecified atom stereocenters. The highest BCUT2D eigenvalue weighted by molar-refractivity contribution is 5.76. The second-order valence-electron chi connectivity index (χ2n) is 27.4. The molecule has 2 aliphatic rings. The number of hydrogen-bond donors (Lipinski definition) is 9. The molecule has 556 valence electrons. The van der Waals surface area contributed by atoms with E-state index in [1.54, 1.807) is 6.08 Å². The van der Waals surface area contributed by atoms with E-state index in [0.717, 1.165) is 77.0 Å². The van der Waals surface area contributed by atoms with Gasteiger partial charge >= 0.3 is 0 Å². The van der Waals surface area contributed by atoms with Gasteiger partial charge in [0, 0.05) is 6.42 Å². The van der Waals surface area contributed by atoms with Crippen LogP contribution in [0.25, 0.3) is 0 Å². The van der Waals surface area contributed by atoms with Crippen molar-refractivity contribution in [3.63, 3.8) is 0 Å². The molecule has 2 fully saturated rings. The first-order chi connectivity index (χ1) is 47.1. The lowest BCUT2D eigenvalue weighted by Crippen LogP contribution is -2.65. The Morgan fingerprint density at radius 1 is 0.385 bits per heavy atom. The molecule has 1 amide bonds. The van der Waals surface area contributed by atoms with E-state index in [0.29, 0.717) is 12.8 Å². The number of carbonyl (C=O) groups excluding carboxylic acids is 1. The Labute approximate surface area is 585 Å². The Balaban J connectivity index is 1.64. The van der Waals surface area contributed by atoms with Crippen molar-refractivity contribution in [2.45, 2.75) is 396 Å². The number of nitrogens with one attached hydrogen (secondary N) is 1. The van der Waals surface area contributed by atoms with Crippen LogP contribution >= 0.6 is 0 Å². The van der Waals surface area contributed by atoms with Gasteiger partial charge in [-0.2, -0.15) is 0 Å². The molecule has 0 aromatic heterocycles. The van der Waals surface area contributed by atoms with Crippen LogP contribution in [0.15, 0.2) is 97.2 Å². The molecule has 2 saturated heterocycles. The zero-order valence-corrected chi connectivity index (χ0v) is 60.8. The summed E-state index contributed by atoms with van der Waals surface area (Å²) in [7, 11) is 0. The maximum absolute atomic E-state index is 13.4. The van der Waals surface area contributed by atoms with E-state index >= 15 is 0 Å². The number of aliphatic hydroxyl groups is 8. The smallest absolute Gasteiger partial charge is 0.220 e. The lowest BCUT2D eigenvalue weighted by molar-refractivity contribution is -0.359. The van der Waals surface area contributed by atoms with Crippen LogP contribution in [-0.4, -0.2) is 140 Å². The number of amides is 1. The van der Waals surface area contributed by atoms with Gasteiger partial charge in [0.15, 0.2) is 12.6 Å². The van der Waals surface area contributed by atoms with Crippen molar-refractivity contribution in [2.24, 2.45) is 0 Å². The minimum absolute atomic E-state index is 0.251. The van der Waals surface area contributed by atoms with Crippen LogP contribution in [0.5, 0.6) is 0 Å². The van der Waals surface area contributed by atoms with Gasteiger partial charge in [-0.05, 0) is 89.9 Å². The maximum atomic E-state index is 13.4. The van der Waals surface area contributed by atoms with E-state index in [4.69, 9.17) is 18.9 Å². The number of aliphatic hydroxyl groups excluding tert-OH is 8. The molecule has 0 saturated carbocycles. The number of hydrogen-bond acceptors (Lipinski definition) is 13. The summed E-state index contributed by atoms with van der Waals surface area (Å²) in [5.74, 6) is -0.251. The minimum Gasteiger partial charge on any atom is -0.394 e. The van der Waals surface area contributed by atoms with Crippen molar-refractivity contribution in [3.8, 4) is 0 Å². The number of carbonyl (C=O) groups is 1. The topological polar surface area (TPSA) is 228 Å².